The van der Waals surface area contributed by atoms with Gasteiger partial charge in [-0.05, 0) is 48.2 Å². The highest BCUT2D eigenvalue weighted by Gasteiger charge is 2.17. The molecule has 7 nitrogen and oxygen atoms in total. The lowest BCUT2D eigenvalue weighted by Crippen LogP contribution is -2.14. The van der Waals surface area contributed by atoms with E-state index >= 15 is 0 Å². The van der Waals surface area contributed by atoms with Crippen LogP contribution in [0.25, 0.3) is 10.8 Å². The van der Waals surface area contributed by atoms with Gasteiger partial charge in [0.2, 0.25) is 0 Å². The molecule has 134 valence electrons. The number of phenols is 1. The van der Waals surface area contributed by atoms with Gasteiger partial charge in [0.15, 0.2) is 0 Å². The van der Waals surface area contributed by atoms with Gasteiger partial charge in [-0.1, -0.05) is 12.1 Å². The van der Waals surface area contributed by atoms with Crippen LogP contribution in [0.2, 0.25) is 0 Å². The molecule has 0 saturated carbocycles. The van der Waals surface area contributed by atoms with E-state index in [1.165, 1.54) is 18.2 Å². The van der Waals surface area contributed by atoms with Crippen molar-refractivity contribution in [3.8, 4) is 5.75 Å². The molecule has 0 heterocycles. The predicted molar refractivity (Wildman–Crippen MR) is 99.0 cm³/mol. The summed E-state index contributed by atoms with van der Waals surface area (Å²) < 4.78 is 32.5. The molecular weight excluding hydrogens is 356 g/mol. The third-order valence-electron chi connectivity index (χ3n) is 3.89. The highest BCUT2D eigenvalue weighted by molar-refractivity contribution is 7.86. The van der Waals surface area contributed by atoms with Crippen molar-refractivity contribution in [1.29, 1.82) is 0 Å². The number of carbonyl (C=O) groups excluding carboxylic acids is 1. The van der Waals surface area contributed by atoms with E-state index < -0.39 is 20.9 Å². The summed E-state index contributed by atoms with van der Waals surface area (Å²) in [6.07, 6.45) is 0. The van der Waals surface area contributed by atoms with E-state index in [-0.39, 0.29) is 16.7 Å². The summed E-state index contributed by atoms with van der Waals surface area (Å²) in [5.74, 6) is -0.747. The monoisotopic (exact) mass is 372 g/mol. The van der Waals surface area contributed by atoms with Crippen LogP contribution in [0.3, 0.4) is 0 Å². The van der Waals surface area contributed by atoms with Crippen molar-refractivity contribution in [2.45, 2.75) is 11.8 Å². The molecule has 0 aliphatic carbocycles. The second-order valence-corrected chi connectivity index (χ2v) is 7.29. The fourth-order valence-corrected chi connectivity index (χ4v) is 3.41. The van der Waals surface area contributed by atoms with Crippen molar-refractivity contribution in [2.24, 2.45) is 0 Å². The molecule has 0 spiro atoms. The normalized spacial score (nSPS) is 11.5. The Morgan fingerprint density at radius 1 is 1.08 bits per heavy atom. The molecule has 0 aliphatic rings. The molecule has 0 aromatic heterocycles. The fourth-order valence-electron chi connectivity index (χ4n) is 2.69. The Balaban J connectivity index is 2.04. The summed E-state index contributed by atoms with van der Waals surface area (Å²) in [5.41, 5.74) is 7.71. The van der Waals surface area contributed by atoms with Crippen LogP contribution in [-0.2, 0) is 10.1 Å². The molecule has 3 aromatic carbocycles. The molecule has 5 N–H and O–H groups in total. The number of hydrogen-bond acceptors (Lipinski definition) is 5. The molecule has 1 amide bonds. The third-order valence-corrected chi connectivity index (χ3v) is 4.78. The summed E-state index contributed by atoms with van der Waals surface area (Å²) in [6.45, 7) is 1.85. The SMILES string of the molecule is Cc1ccc(C(=O)Nc2ccc3cc(O)cc(S(=O)(=O)O)c3c2)c(N)c1. The van der Waals surface area contributed by atoms with Gasteiger partial charge in [0, 0.05) is 22.8 Å². The maximum atomic E-state index is 12.4. The molecule has 0 bridgehead atoms. The first-order valence-electron chi connectivity index (χ1n) is 7.57. The van der Waals surface area contributed by atoms with Gasteiger partial charge in [0.1, 0.15) is 10.6 Å². The summed E-state index contributed by atoms with van der Waals surface area (Å²) in [7, 11) is -4.55. The molecule has 3 aromatic rings. The molecule has 0 fully saturated rings. The van der Waals surface area contributed by atoms with Crippen molar-refractivity contribution in [1.82, 2.24) is 0 Å². The van der Waals surface area contributed by atoms with E-state index in [4.69, 9.17) is 5.73 Å². The van der Waals surface area contributed by atoms with Gasteiger partial charge in [-0.15, -0.1) is 0 Å². The molecule has 0 radical (unpaired) electrons. The molecule has 0 aliphatic heterocycles. The van der Waals surface area contributed by atoms with E-state index in [0.717, 1.165) is 11.6 Å². The number of nitrogens with two attached hydrogens (primary N) is 1. The minimum absolute atomic E-state index is 0.167. The number of rotatable bonds is 3. The standard InChI is InChI=1S/C18H16N2O5S/c1-10-2-5-14(16(19)6-10)18(22)20-12-4-3-11-7-13(21)9-17(15(11)8-12)26(23,24)25/h2-9,21H,19H2,1H3,(H,20,22)(H,23,24,25). The van der Waals surface area contributed by atoms with Crippen molar-refractivity contribution >= 4 is 38.2 Å². The lowest BCUT2D eigenvalue weighted by molar-refractivity contribution is 0.102. The number of carbonyl (C=O) groups is 1. The van der Waals surface area contributed by atoms with Gasteiger partial charge in [-0.3, -0.25) is 9.35 Å². The van der Waals surface area contributed by atoms with Gasteiger partial charge in [-0.2, -0.15) is 8.42 Å². The zero-order valence-corrected chi connectivity index (χ0v) is 14.5. The van der Waals surface area contributed by atoms with Crippen molar-refractivity contribution in [3.63, 3.8) is 0 Å². The van der Waals surface area contributed by atoms with E-state index in [9.17, 15) is 22.9 Å². The average molecular weight is 372 g/mol. The van der Waals surface area contributed by atoms with E-state index in [0.29, 0.717) is 16.8 Å². The number of hydrogen-bond donors (Lipinski definition) is 4. The van der Waals surface area contributed by atoms with Gasteiger partial charge < -0.3 is 16.2 Å². The Morgan fingerprint density at radius 2 is 1.81 bits per heavy atom. The lowest BCUT2D eigenvalue weighted by atomic mass is 10.1. The second kappa shape index (κ2) is 6.32. The number of anilines is 2. The van der Waals surface area contributed by atoms with Gasteiger partial charge in [-0.25, -0.2) is 0 Å². The van der Waals surface area contributed by atoms with Crippen LogP contribution >= 0.6 is 0 Å². The van der Waals surface area contributed by atoms with Gasteiger partial charge >= 0.3 is 0 Å². The molecule has 0 saturated heterocycles. The quantitative estimate of drug-likeness (QED) is 0.413. The first-order valence-corrected chi connectivity index (χ1v) is 9.01. The number of benzene rings is 3. The van der Waals surface area contributed by atoms with E-state index in [2.05, 4.69) is 5.32 Å². The van der Waals surface area contributed by atoms with Crippen LogP contribution in [0.5, 0.6) is 5.75 Å². The van der Waals surface area contributed by atoms with Crippen LogP contribution in [0.4, 0.5) is 11.4 Å². The predicted octanol–water partition coefficient (Wildman–Crippen LogP) is 2.94. The Kier molecular flexibility index (Phi) is 4.31. The van der Waals surface area contributed by atoms with Crippen LogP contribution in [0.15, 0.2) is 53.4 Å². The van der Waals surface area contributed by atoms with Crippen LogP contribution in [0, 0.1) is 6.92 Å². The maximum Gasteiger partial charge on any atom is 0.295 e. The van der Waals surface area contributed by atoms with Crippen LogP contribution in [-0.4, -0.2) is 24.0 Å². The molecular formula is C18H16N2O5S. The highest BCUT2D eigenvalue weighted by atomic mass is 32.2. The minimum Gasteiger partial charge on any atom is -0.508 e. The largest absolute Gasteiger partial charge is 0.508 e. The molecule has 26 heavy (non-hydrogen) atoms. The van der Waals surface area contributed by atoms with Crippen LogP contribution in [0.1, 0.15) is 15.9 Å². The smallest absolute Gasteiger partial charge is 0.295 e. The second-order valence-electron chi connectivity index (χ2n) is 5.90. The highest BCUT2D eigenvalue weighted by Crippen LogP contribution is 2.30. The topological polar surface area (TPSA) is 130 Å². The van der Waals surface area contributed by atoms with Gasteiger partial charge in [0.25, 0.3) is 16.0 Å². The van der Waals surface area contributed by atoms with Gasteiger partial charge in [0.05, 0.1) is 5.56 Å². The number of nitrogen functional groups attached to an aromatic ring is 1. The number of aromatic hydroxyl groups is 1. The Morgan fingerprint density at radius 3 is 2.46 bits per heavy atom. The number of nitrogens with one attached hydrogen (secondary N) is 1. The molecule has 0 atom stereocenters. The summed E-state index contributed by atoms with van der Waals surface area (Å²) in [6, 6.07) is 11.8. The Bertz CT molecular complexity index is 1140. The number of fused-ring (bicyclic) bond motifs is 1. The maximum absolute atomic E-state index is 12.4. The number of phenolic OH excluding ortho intramolecular Hbond substituents is 1. The molecule has 8 heteroatoms. The minimum atomic E-state index is -4.55. The van der Waals surface area contributed by atoms with Crippen LogP contribution < -0.4 is 11.1 Å². The van der Waals surface area contributed by atoms with Crippen molar-refractivity contribution < 1.29 is 22.9 Å². The number of aryl methyl sites for hydroxylation is 1. The van der Waals surface area contributed by atoms with E-state index in [1.54, 1.807) is 24.3 Å². The molecule has 0 unspecified atom stereocenters. The zero-order valence-electron chi connectivity index (χ0n) is 13.7. The fraction of sp³-hybridized carbons (Fsp3) is 0.0556. The first kappa shape index (κ1) is 17.7. The number of amides is 1. The van der Waals surface area contributed by atoms with Crippen molar-refractivity contribution in [2.75, 3.05) is 11.1 Å². The third kappa shape index (κ3) is 3.46. The summed E-state index contributed by atoms with van der Waals surface area (Å²) >= 11 is 0. The summed E-state index contributed by atoms with van der Waals surface area (Å²) in [5, 5.41) is 12.8. The Hall–Kier alpha value is -3.10. The lowest BCUT2D eigenvalue weighted by Gasteiger charge is -2.11. The average Bonchev–Trinajstić information content (AvgIpc) is 2.53. The molecule has 3 rings (SSSR count). The Labute approximate surface area is 149 Å². The summed E-state index contributed by atoms with van der Waals surface area (Å²) in [4.78, 5) is 12.0. The zero-order chi connectivity index (χ0) is 19.1. The van der Waals surface area contributed by atoms with Crippen molar-refractivity contribution in [3.05, 3.63) is 59.7 Å². The van der Waals surface area contributed by atoms with E-state index in [1.807, 2.05) is 6.92 Å². The first-order chi connectivity index (χ1) is 12.1.